The lowest BCUT2D eigenvalue weighted by Crippen LogP contribution is -2.46. The van der Waals surface area contributed by atoms with Gasteiger partial charge < -0.3 is 4.90 Å². The normalized spacial score (nSPS) is 23.4. The van der Waals surface area contributed by atoms with Crippen LogP contribution in [0.4, 0.5) is 0 Å². The number of piperidine rings is 1. The minimum atomic E-state index is 0.542. The first-order chi connectivity index (χ1) is 4.61. The quantitative estimate of drug-likeness (QED) is 0.503. The zero-order valence-corrected chi connectivity index (χ0v) is 9.48. The first-order valence-electron chi connectivity index (χ1n) is 4.36. The molecule has 1 heterocycles. The Labute approximate surface area is 67.2 Å². The van der Waals surface area contributed by atoms with E-state index in [2.05, 4.69) is 18.7 Å². The second-order valence-corrected chi connectivity index (χ2v) is 6.67. The van der Waals surface area contributed by atoms with Gasteiger partial charge in [-0.1, -0.05) is 20.3 Å². The van der Waals surface area contributed by atoms with E-state index in [0.717, 1.165) is 0 Å². The van der Waals surface area contributed by atoms with Gasteiger partial charge in [-0.2, -0.15) is 0 Å². The van der Waals surface area contributed by atoms with Gasteiger partial charge in [-0.25, -0.2) is 0 Å². The van der Waals surface area contributed by atoms with Crippen LogP contribution < -0.4 is 0 Å². The van der Waals surface area contributed by atoms with Gasteiger partial charge >= 0.3 is 0 Å². The number of hydrogen-bond donors (Lipinski definition) is 0. The van der Waals surface area contributed by atoms with Crippen LogP contribution in [0.3, 0.4) is 0 Å². The summed E-state index contributed by atoms with van der Waals surface area (Å²) < 4.78 is 0. The Morgan fingerprint density at radius 3 is 1.90 bits per heavy atom. The van der Waals surface area contributed by atoms with Gasteiger partial charge in [-0.3, -0.25) is 0 Å². The molecule has 1 nitrogen and oxygen atoms in total. The summed E-state index contributed by atoms with van der Waals surface area (Å²) in [6, 6.07) is 0. The highest BCUT2D eigenvalue weighted by atomic mass is 28.1. The molecule has 1 rings (SSSR count). The lowest BCUT2D eigenvalue weighted by Gasteiger charge is -2.38. The molecule has 0 spiro atoms. The van der Waals surface area contributed by atoms with E-state index in [-0.39, 0.29) is 0 Å². The molecule has 0 aromatic heterocycles. The predicted molar refractivity (Wildman–Crippen MR) is 49.4 cm³/mol. The minimum absolute atomic E-state index is 0.542. The Morgan fingerprint density at radius 2 is 1.60 bits per heavy atom. The van der Waals surface area contributed by atoms with E-state index in [9.17, 15) is 0 Å². The molecule has 60 valence electrons. The Bertz CT molecular complexity index is 100. The second-order valence-electron chi connectivity index (χ2n) is 4.22. The molecule has 0 atom stereocenters. The van der Waals surface area contributed by atoms with E-state index in [0.29, 0.717) is 5.16 Å². The highest BCUT2D eigenvalue weighted by Crippen LogP contribution is 2.16. The van der Waals surface area contributed by atoms with Crippen molar-refractivity contribution in [1.82, 2.24) is 4.90 Å². The lowest BCUT2D eigenvalue weighted by molar-refractivity contribution is 0.156. The SMILES string of the molecule is CC(C)([SiH3])N1CCCCC1. The van der Waals surface area contributed by atoms with Crippen molar-refractivity contribution >= 4 is 10.2 Å². The van der Waals surface area contributed by atoms with Crippen LogP contribution in [0, 0.1) is 0 Å². The maximum absolute atomic E-state index is 2.64. The molecule has 10 heavy (non-hydrogen) atoms. The summed E-state index contributed by atoms with van der Waals surface area (Å²) in [6.07, 6.45) is 4.30. The van der Waals surface area contributed by atoms with Crippen LogP contribution in [0.15, 0.2) is 0 Å². The fourth-order valence-corrected chi connectivity index (χ4v) is 2.01. The average Bonchev–Trinajstić information content (AvgIpc) is 1.88. The smallest absolute Gasteiger partial charge is 0.0276 e. The predicted octanol–water partition coefficient (Wildman–Crippen LogP) is 0.574. The Kier molecular flexibility index (Phi) is 2.53. The van der Waals surface area contributed by atoms with Crippen LogP contribution in [0.1, 0.15) is 33.1 Å². The van der Waals surface area contributed by atoms with Crippen molar-refractivity contribution < 1.29 is 0 Å². The highest BCUT2D eigenvalue weighted by Gasteiger charge is 2.21. The van der Waals surface area contributed by atoms with Gasteiger partial charge in [-0.05, 0) is 31.1 Å². The monoisotopic (exact) mass is 157 g/mol. The first-order valence-corrected chi connectivity index (χ1v) is 5.36. The van der Waals surface area contributed by atoms with Gasteiger partial charge in [0.25, 0.3) is 0 Å². The van der Waals surface area contributed by atoms with E-state index in [4.69, 9.17) is 0 Å². The maximum Gasteiger partial charge on any atom is 0.0276 e. The van der Waals surface area contributed by atoms with Gasteiger partial charge in [0, 0.05) is 10.2 Å². The summed E-state index contributed by atoms with van der Waals surface area (Å²) in [4.78, 5) is 2.64. The summed E-state index contributed by atoms with van der Waals surface area (Å²) >= 11 is 0. The fourth-order valence-electron chi connectivity index (χ4n) is 1.56. The Balaban J connectivity index is 2.39. The molecule has 1 fully saturated rings. The Hall–Kier alpha value is 0.177. The zero-order valence-electron chi connectivity index (χ0n) is 7.48. The van der Waals surface area contributed by atoms with Crippen molar-refractivity contribution in [2.45, 2.75) is 38.3 Å². The molecule has 1 aliphatic heterocycles. The van der Waals surface area contributed by atoms with Crippen molar-refractivity contribution in [2.24, 2.45) is 0 Å². The fraction of sp³-hybridized carbons (Fsp3) is 1.00. The van der Waals surface area contributed by atoms with Crippen molar-refractivity contribution in [3.63, 3.8) is 0 Å². The van der Waals surface area contributed by atoms with Crippen molar-refractivity contribution in [3.8, 4) is 0 Å². The van der Waals surface area contributed by atoms with Gasteiger partial charge in [-0.15, -0.1) is 0 Å². The van der Waals surface area contributed by atoms with Crippen LogP contribution in [-0.2, 0) is 0 Å². The Morgan fingerprint density at radius 1 is 1.10 bits per heavy atom. The molecule has 0 aromatic carbocycles. The molecule has 0 bridgehead atoms. The minimum Gasteiger partial charge on any atom is -0.302 e. The summed E-state index contributed by atoms with van der Waals surface area (Å²) in [6.45, 7) is 7.42. The summed E-state index contributed by atoms with van der Waals surface area (Å²) in [5.41, 5.74) is 0. The molecule has 1 saturated heterocycles. The second kappa shape index (κ2) is 3.05. The third-order valence-corrected chi connectivity index (χ3v) is 2.94. The topological polar surface area (TPSA) is 3.24 Å². The molecule has 0 unspecified atom stereocenters. The molecule has 0 aromatic rings. The summed E-state index contributed by atoms with van der Waals surface area (Å²) in [7, 11) is 1.29. The number of rotatable bonds is 1. The maximum atomic E-state index is 2.64. The molecule has 0 aliphatic carbocycles. The van der Waals surface area contributed by atoms with Crippen LogP contribution in [0.25, 0.3) is 0 Å². The van der Waals surface area contributed by atoms with E-state index in [1.165, 1.54) is 42.6 Å². The summed E-state index contributed by atoms with van der Waals surface area (Å²) in [5.74, 6) is 0. The molecule has 0 radical (unpaired) electrons. The zero-order chi connectivity index (χ0) is 7.61. The van der Waals surface area contributed by atoms with E-state index >= 15 is 0 Å². The number of hydrogen-bond acceptors (Lipinski definition) is 1. The number of likely N-dealkylation sites (tertiary alicyclic amines) is 1. The lowest BCUT2D eigenvalue weighted by atomic mass is 10.1. The number of nitrogens with zero attached hydrogens (tertiary/aromatic N) is 1. The van der Waals surface area contributed by atoms with Gasteiger partial charge in [0.05, 0.1) is 0 Å². The molecule has 0 N–H and O–H groups in total. The standard InChI is InChI=1S/C8H19NSi/c1-8(2,10)9-6-4-3-5-7-9/h3-7H2,1-2,10H3. The highest BCUT2D eigenvalue weighted by molar-refractivity contribution is 6.14. The molecule has 0 amide bonds. The van der Waals surface area contributed by atoms with Crippen LogP contribution in [0.5, 0.6) is 0 Å². The van der Waals surface area contributed by atoms with E-state index in [1.807, 2.05) is 0 Å². The third kappa shape index (κ3) is 2.10. The van der Waals surface area contributed by atoms with Crippen LogP contribution in [0.2, 0.25) is 0 Å². The van der Waals surface area contributed by atoms with Crippen LogP contribution in [-0.4, -0.2) is 33.4 Å². The van der Waals surface area contributed by atoms with Crippen LogP contribution >= 0.6 is 0 Å². The molecular weight excluding hydrogens is 138 g/mol. The van der Waals surface area contributed by atoms with Crippen molar-refractivity contribution in [2.75, 3.05) is 13.1 Å². The average molecular weight is 157 g/mol. The van der Waals surface area contributed by atoms with E-state index < -0.39 is 0 Å². The van der Waals surface area contributed by atoms with Crippen molar-refractivity contribution in [3.05, 3.63) is 0 Å². The molecule has 0 saturated carbocycles. The van der Waals surface area contributed by atoms with Gasteiger partial charge in [0.15, 0.2) is 0 Å². The largest absolute Gasteiger partial charge is 0.302 e. The molecular formula is C8H19NSi. The van der Waals surface area contributed by atoms with Crippen molar-refractivity contribution in [1.29, 1.82) is 0 Å². The summed E-state index contributed by atoms with van der Waals surface area (Å²) in [5, 5.41) is 0.542. The molecule has 1 aliphatic rings. The first kappa shape index (κ1) is 8.28. The molecule has 2 heteroatoms. The van der Waals surface area contributed by atoms with E-state index in [1.54, 1.807) is 0 Å². The third-order valence-electron chi connectivity index (χ3n) is 2.30. The van der Waals surface area contributed by atoms with Gasteiger partial charge in [0.2, 0.25) is 0 Å². The van der Waals surface area contributed by atoms with Gasteiger partial charge in [0.1, 0.15) is 0 Å².